The van der Waals surface area contributed by atoms with E-state index in [1.54, 1.807) is 0 Å². The summed E-state index contributed by atoms with van der Waals surface area (Å²) in [7, 11) is 0. The van der Waals surface area contributed by atoms with E-state index in [4.69, 9.17) is 4.74 Å². The molecule has 3 heteroatoms. The van der Waals surface area contributed by atoms with Crippen LogP contribution in [-0.2, 0) is 27.1 Å². The Bertz CT molecular complexity index is 38.0. The van der Waals surface area contributed by atoms with Gasteiger partial charge in [-0.2, -0.15) is 11.8 Å². The van der Waals surface area contributed by atoms with Gasteiger partial charge >= 0.3 is 0 Å². The maximum absolute atomic E-state index is 5.20. The number of hydrogen-bond acceptors (Lipinski definition) is 2. The molecule has 1 radical (unpaired) electrons. The number of rotatable bonds is 5. The molecule has 0 rings (SSSR count). The number of hydrogen-bond donors (Lipinski definition) is 0. The Balaban J connectivity index is 0. The molecule has 0 aliphatic carbocycles. The minimum Gasteiger partial charge on any atom is -0.381 e. The Hall–Kier alpha value is 1.05. The molecule has 0 aromatic rings. The fourth-order valence-electron chi connectivity index (χ4n) is 0.389. The maximum Gasteiger partial charge on any atom is 0.0556 e. The summed E-state index contributed by atoms with van der Waals surface area (Å²) in [5, 5.41) is 0. The van der Waals surface area contributed by atoms with Crippen LogP contribution >= 0.6 is 11.8 Å². The van der Waals surface area contributed by atoms with E-state index < -0.39 is 0 Å². The van der Waals surface area contributed by atoms with Gasteiger partial charge in [-0.05, 0) is 12.7 Å². The molecular formula is C6H14AuOS. The predicted octanol–water partition coefficient (Wildman–Crippen LogP) is 1.77. The van der Waals surface area contributed by atoms with Crippen molar-refractivity contribution in [2.75, 3.05) is 25.2 Å². The van der Waals surface area contributed by atoms with E-state index in [2.05, 4.69) is 13.2 Å². The van der Waals surface area contributed by atoms with E-state index in [0.29, 0.717) is 0 Å². The summed E-state index contributed by atoms with van der Waals surface area (Å²) in [6.07, 6.45) is 3.23. The molecule has 0 N–H and O–H groups in total. The van der Waals surface area contributed by atoms with Gasteiger partial charge in [0.1, 0.15) is 0 Å². The van der Waals surface area contributed by atoms with E-state index in [9.17, 15) is 0 Å². The Kier molecular flexibility index (Phi) is 16.7. The molecule has 0 aromatic heterocycles. The van der Waals surface area contributed by atoms with Crippen LogP contribution in [0.3, 0.4) is 0 Å². The van der Waals surface area contributed by atoms with Crippen LogP contribution in [0.4, 0.5) is 0 Å². The molecule has 0 atom stereocenters. The molecule has 0 fully saturated rings. The van der Waals surface area contributed by atoms with Gasteiger partial charge in [-0.1, -0.05) is 6.92 Å². The van der Waals surface area contributed by atoms with Gasteiger partial charge in [-0.15, -0.1) is 0 Å². The quantitative estimate of drug-likeness (QED) is 0.561. The molecule has 0 aliphatic rings. The Morgan fingerprint density at radius 3 is 2.44 bits per heavy atom. The third-order valence-corrected chi connectivity index (χ3v) is 1.36. The summed E-state index contributed by atoms with van der Waals surface area (Å²) in [6, 6.07) is 0. The van der Waals surface area contributed by atoms with Crippen molar-refractivity contribution in [3.8, 4) is 0 Å². The van der Waals surface area contributed by atoms with Gasteiger partial charge in [-0.3, -0.25) is 0 Å². The van der Waals surface area contributed by atoms with Crippen LogP contribution in [0, 0.1) is 0 Å². The van der Waals surface area contributed by atoms with Crippen LogP contribution in [0.5, 0.6) is 0 Å². The van der Waals surface area contributed by atoms with Gasteiger partial charge in [0, 0.05) is 34.7 Å². The van der Waals surface area contributed by atoms with Gasteiger partial charge in [0.15, 0.2) is 0 Å². The van der Waals surface area contributed by atoms with Crippen molar-refractivity contribution < 1.29 is 27.1 Å². The van der Waals surface area contributed by atoms with Crippen LogP contribution in [0.25, 0.3) is 0 Å². The molecule has 0 amide bonds. The summed E-state index contributed by atoms with van der Waals surface area (Å²) in [4.78, 5) is 0. The Labute approximate surface area is 77.4 Å². The predicted molar refractivity (Wildman–Crippen MR) is 39.5 cm³/mol. The van der Waals surface area contributed by atoms with Crippen LogP contribution in [-0.4, -0.2) is 25.2 Å². The second kappa shape index (κ2) is 11.8. The van der Waals surface area contributed by atoms with Gasteiger partial charge in [0.2, 0.25) is 0 Å². The zero-order valence-corrected chi connectivity index (χ0v) is 8.93. The van der Waals surface area contributed by atoms with Crippen molar-refractivity contribution >= 4 is 11.8 Å². The maximum atomic E-state index is 5.20. The first-order valence-corrected chi connectivity index (χ1v) is 4.38. The zero-order chi connectivity index (χ0) is 6.24. The SMILES string of the molecule is CCCOCCSC.[Au]. The van der Waals surface area contributed by atoms with E-state index in [1.807, 2.05) is 11.8 Å². The molecule has 0 saturated carbocycles. The average Bonchev–Trinajstić information content (AvgIpc) is 1.81. The molecular weight excluding hydrogens is 317 g/mol. The second-order valence-electron chi connectivity index (χ2n) is 1.61. The zero-order valence-electron chi connectivity index (χ0n) is 5.95. The van der Waals surface area contributed by atoms with Gasteiger partial charge in [-0.25, -0.2) is 0 Å². The van der Waals surface area contributed by atoms with Crippen molar-refractivity contribution in [3.63, 3.8) is 0 Å². The van der Waals surface area contributed by atoms with Crippen molar-refractivity contribution in [1.82, 2.24) is 0 Å². The fraction of sp³-hybridized carbons (Fsp3) is 1.00. The number of ether oxygens (including phenoxy) is 1. The van der Waals surface area contributed by atoms with Crippen LogP contribution < -0.4 is 0 Å². The molecule has 0 unspecified atom stereocenters. The van der Waals surface area contributed by atoms with Gasteiger partial charge < -0.3 is 4.74 Å². The monoisotopic (exact) mass is 331 g/mol. The van der Waals surface area contributed by atoms with E-state index in [1.165, 1.54) is 0 Å². The van der Waals surface area contributed by atoms with Crippen LogP contribution in [0.2, 0.25) is 0 Å². The third-order valence-electron chi connectivity index (χ3n) is 0.780. The summed E-state index contributed by atoms with van der Waals surface area (Å²) >= 11 is 1.83. The van der Waals surface area contributed by atoms with Gasteiger partial charge in [0.25, 0.3) is 0 Å². The summed E-state index contributed by atoms with van der Waals surface area (Å²) in [5.74, 6) is 1.12. The second-order valence-corrected chi connectivity index (χ2v) is 2.59. The molecule has 0 aliphatic heterocycles. The third kappa shape index (κ3) is 12.3. The summed E-state index contributed by atoms with van der Waals surface area (Å²) in [6.45, 7) is 3.95. The van der Waals surface area contributed by atoms with E-state index in [-0.39, 0.29) is 22.4 Å². The normalized spacial score (nSPS) is 8.67. The molecule has 0 spiro atoms. The first kappa shape index (κ1) is 12.7. The minimum atomic E-state index is 0. The summed E-state index contributed by atoms with van der Waals surface area (Å²) in [5.41, 5.74) is 0. The van der Waals surface area contributed by atoms with E-state index >= 15 is 0 Å². The van der Waals surface area contributed by atoms with Crippen LogP contribution in [0.15, 0.2) is 0 Å². The van der Waals surface area contributed by atoms with Crippen LogP contribution in [0.1, 0.15) is 13.3 Å². The van der Waals surface area contributed by atoms with Gasteiger partial charge in [0.05, 0.1) is 6.61 Å². The molecule has 9 heavy (non-hydrogen) atoms. The van der Waals surface area contributed by atoms with Crippen molar-refractivity contribution in [3.05, 3.63) is 0 Å². The Morgan fingerprint density at radius 2 is 2.00 bits per heavy atom. The minimum absolute atomic E-state index is 0. The van der Waals surface area contributed by atoms with Crippen molar-refractivity contribution in [1.29, 1.82) is 0 Å². The molecule has 0 heterocycles. The smallest absolute Gasteiger partial charge is 0.0556 e. The molecule has 1 nitrogen and oxygen atoms in total. The standard InChI is InChI=1S/C6H14OS.Au/c1-3-4-7-5-6-8-2;/h3-6H2,1-2H3;. The van der Waals surface area contributed by atoms with Crippen molar-refractivity contribution in [2.24, 2.45) is 0 Å². The molecule has 61 valence electrons. The first-order valence-electron chi connectivity index (χ1n) is 2.98. The topological polar surface area (TPSA) is 9.23 Å². The molecule has 0 aromatic carbocycles. The number of thioether (sulfide) groups is 1. The van der Waals surface area contributed by atoms with E-state index in [0.717, 1.165) is 25.4 Å². The fourth-order valence-corrected chi connectivity index (χ4v) is 0.673. The molecule has 0 saturated heterocycles. The van der Waals surface area contributed by atoms with Crippen molar-refractivity contribution in [2.45, 2.75) is 13.3 Å². The molecule has 0 bridgehead atoms. The largest absolute Gasteiger partial charge is 0.381 e. The average molecular weight is 331 g/mol. The first-order chi connectivity index (χ1) is 3.91. The summed E-state index contributed by atoms with van der Waals surface area (Å²) < 4.78 is 5.20. The Morgan fingerprint density at radius 1 is 1.33 bits per heavy atom.